The Morgan fingerprint density at radius 1 is 1.21 bits per heavy atom. The van der Waals surface area contributed by atoms with Gasteiger partial charge in [0.25, 0.3) is 0 Å². The number of benzene rings is 2. The first kappa shape index (κ1) is 12.0. The lowest BCUT2D eigenvalue weighted by Crippen LogP contribution is -2.03. The normalized spacial score (nSPS) is 11.1. The maximum absolute atomic E-state index is 14.0. The summed E-state index contributed by atoms with van der Waals surface area (Å²) < 4.78 is 15.6. The summed E-state index contributed by atoms with van der Waals surface area (Å²) >= 11 is 5.92. The molecule has 19 heavy (non-hydrogen) atoms. The van der Waals surface area contributed by atoms with Gasteiger partial charge in [0.05, 0.1) is 16.7 Å². The minimum atomic E-state index is -0.341. The van der Waals surface area contributed by atoms with Gasteiger partial charge in [0.2, 0.25) is 5.95 Å². The Balaban J connectivity index is 2.36. The first-order valence-electron chi connectivity index (χ1n) is 5.76. The molecule has 0 amide bonds. The second-order valence-corrected chi connectivity index (χ2v) is 4.83. The highest BCUT2D eigenvalue weighted by Crippen LogP contribution is 2.27. The zero-order chi connectivity index (χ0) is 13.6. The van der Waals surface area contributed by atoms with Crippen LogP contribution in [0.4, 0.5) is 10.3 Å². The van der Waals surface area contributed by atoms with Crippen LogP contribution in [0, 0.1) is 12.7 Å². The van der Waals surface area contributed by atoms with E-state index in [0.29, 0.717) is 16.2 Å². The quantitative estimate of drug-likeness (QED) is 0.736. The fourth-order valence-corrected chi connectivity index (χ4v) is 2.29. The molecule has 2 N–H and O–H groups in total. The van der Waals surface area contributed by atoms with Gasteiger partial charge in [-0.2, -0.15) is 0 Å². The van der Waals surface area contributed by atoms with E-state index in [1.54, 1.807) is 34.9 Å². The van der Waals surface area contributed by atoms with E-state index < -0.39 is 0 Å². The highest BCUT2D eigenvalue weighted by atomic mass is 35.5. The molecule has 0 spiro atoms. The number of halogens is 2. The molecule has 0 saturated carbocycles. The minimum Gasteiger partial charge on any atom is -0.369 e. The molecule has 0 aliphatic heterocycles. The van der Waals surface area contributed by atoms with Crippen LogP contribution in [0.1, 0.15) is 5.56 Å². The molecule has 0 radical (unpaired) electrons. The molecule has 3 rings (SSSR count). The Morgan fingerprint density at radius 2 is 2.00 bits per heavy atom. The van der Waals surface area contributed by atoms with Crippen molar-refractivity contribution in [3.8, 4) is 5.69 Å². The van der Waals surface area contributed by atoms with Crippen LogP contribution in [0.25, 0.3) is 16.7 Å². The maximum Gasteiger partial charge on any atom is 0.206 e. The lowest BCUT2D eigenvalue weighted by atomic mass is 10.2. The fourth-order valence-electron chi connectivity index (χ4n) is 2.12. The summed E-state index contributed by atoms with van der Waals surface area (Å²) in [7, 11) is 0. The third kappa shape index (κ3) is 1.94. The Bertz CT molecular complexity index is 780. The lowest BCUT2D eigenvalue weighted by molar-refractivity contribution is 0.619. The number of hydrogen-bond donors (Lipinski definition) is 1. The van der Waals surface area contributed by atoms with Crippen LogP contribution in [0.2, 0.25) is 5.02 Å². The van der Waals surface area contributed by atoms with Crippen LogP contribution in [-0.2, 0) is 0 Å². The molecular weight excluding hydrogens is 265 g/mol. The van der Waals surface area contributed by atoms with Crippen LogP contribution in [0.3, 0.4) is 0 Å². The standard InChI is InChI=1S/C14H11ClFN3/c1-8-2-4-10(16)13(6-8)19-12-5-3-9(15)7-11(12)18-14(19)17/h2-7H,1H3,(H2,17,18). The Morgan fingerprint density at radius 3 is 2.79 bits per heavy atom. The van der Waals surface area contributed by atoms with Crippen molar-refractivity contribution in [2.24, 2.45) is 0 Å². The molecule has 0 fully saturated rings. The summed E-state index contributed by atoms with van der Waals surface area (Å²) in [6.07, 6.45) is 0. The van der Waals surface area contributed by atoms with Gasteiger partial charge in [0.1, 0.15) is 5.82 Å². The van der Waals surface area contributed by atoms with Crippen LogP contribution < -0.4 is 5.73 Å². The van der Waals surface area contributed by atoms with E-state index in [-0.39, 0.29) is 11.8 Å². The molecule has 1 heterocycles. The Kier molecular flexibility index (Phi) is 2.68. The number of aromatic nitrogens is 2. The molecule has 5 heteroatoms. The number of nitrogen functional groups attached to an aromatic ring is 1. The van der Waals surface area contributed by atoms with Gasteiger partial charge in [-0.05, 0) is 42.8 Å². The van der Waals surface area contributed by atoms with E-state index >= 15 is 0 Å². The third-order valence-corrected chi connectivity index (χ3v) is 3.22. The van der Waals surface area contributed by atoms with Gasteiger partial charge < -0.3 is 5.73 Å². The largest absolute Gasteiger partial charge is 0.369 e. The highest BCUT2D eigenvalue weighted by Gasteiger charge is 2.13. The molecule has 0 saturated heterocycles. The number of nitrogens with zero attached hydrogens (tertiary/aromatic N) is 2. The van der Waals surface area contributed by atoms with Crippen molar-refractivity contribution in [3.05, 3.63) is 52.8 Å². The molecule has 0 unspecified atom stereocenters. The van der Waals surface area contributed by atoms with Gasteiger partial charge in [-0.3, -0.25) is 4.57 Å². The number of fused-ring (bicyclic) bond motifs is 1. The summed E-state index contributed by atoms with van der Waals surface area (Å²) in [5, 5.41) is 0.571. The van der Waals surface area contributed by atoms with E-state index in [4.69, 9.17) is 17.3 Å². The van der Waals surface area contributed by atoms with Crippen LogP contribution in [-0.4, -0.2) is 9.55 Å². The summed E-state index contributed by atoms with van der Waals surface area (Å²) in [4.78, 5) is 4.21. The van der Waals surface area contributed by atoms with Gasteiger partial charge in [-0.15, -0.1) is 0 Å². The fraction of sp³-hybridized carbons (Fsp3) is 0.0714. The number of hydrogen-bond acceptors (Lipinski definition) is 2. The van der Waals surface area contributed by atoms with Gasteiger partial charge >= 0.3 is 0 Å². The SMILES string of the molecule is Cc1ccc(F)c(-n2c(N)nc3cc(Cl)ccc32)c1. The molecule has 0 aliphatic carbocycles. The van der Waals surface area contributed by atoms with Gasteiger partial charge in [-0.1, -0.05) is 17.7 Å². The van der Waals surface area contributed by atoms with Crippen LogP contribution in [0.15, 0.2) is 36.4 Å². The molecule has 96 valence electrons. The summed E-state index contributed by atoms with van der Waals surface area (Å²) in [5.74, 6) is -0.103. The van der Waals surface area contributed by atoms with Gasteiger partial charge in [0, 0.05) is 5.02 Å². The van der Waals surface area contributed by atoms with Crippen molar-refractivity contribution in [1.29, 1.82) is 0 Å². The first-order valence-corrected chi connectivity index (χ1v) is 6.14. The van der Waals surface area contributed by atoms with Crippen molar-refractivity contribution < 1.29 is 4.39 Å². The second kappa shape index (κ2) is 4.24. The molecule has 0 aliphatic rings. The average molecular weight is 276 g/mol. The number of anilines is 1. The van der Waals surface area contributed by atoms with E-state index in [0.717, 1.165) is 11.1 Å². The van der Waals surface area contributed by atoms with Gasteiger partial charge in [0.15, 0.2) is 0 Å². The second-order valence-electron chi connectivity index (χ2n) is 4.39. The molecule has 1 aromatic heterocycles. The Hall–Kier alpha value is -2.07. The Labute approximate surface area is 114 Å². The zero-order valence-electron chi connectivity index (χ0n) is 10.2. The minimum absolute atomic E-state index is 0.238. The smallest absolute Gasteiger partial charge is 0.206 e. The lowest BCUT2D eigenvalue weighted by Gasteiger charge is -2.08. The van der Waals surface area contributed by atoms with Crippen molar-refractivity contribution in [2.45, 2.75) is 6.92 Å². The van der Waals surface area contributed by atoms with Crippen LogP contribution >= 0.6 is 11.6 Å². The predicted octanol–water partition coefficient (Wildman–Crippen LogP) is 3.71. The topological polar surface area (TPSA) is 43.8 Å². The van der Waals surface area contributed by atoms with E-state index in [2.05, 4.69) is 4.98 Å². The number of aryl methyl sites for hydroxylation is 1. The predicted molar refractivity (Wildman–Crippen MR) is 75.2 cm³/mol. The number of nitrogens with two attached hydrogens (primary N) is 1. The van der Waals surface area contributed by atoms with E-state index in [1.807, 2.05) is 6.92 Å². The summed E-state index contributed by atoms with van der Waals surface area (Å²) in [6, 6.07) is 10.1. The van der Waals surface area contributed by atoms with Crippen molar-refractivity contribution in [1.82, 2.24) is 9.55 Å². The highest BCUT2D eigenvalue weighted by molar-refractivity contribution is 6.31. The molecule has 0 atom stereocenters. The summed E-state index contributed by atoms with van der Waals surface area (Å²) in [6.45, 7) is 1.90. The summed E-state index contributed by atoms with van der Waals surface area (Å²) in [5.41, 5.74) is 8.61. The first-order chi connectivity index (χ1) is 9.06. The zero-order valence-corrected chi connectivity index (χ0v) is 10.9. The number of imidazole rings is 1. The van der Waals surface area contributed by atoms with Crippen LogP contribution in [0.5, 0.6) is 0 Å². The monoisotopic (exact) mass is 275 g/mol. The van der Waals surface area contributed by atoms with E-state index in [9.17, 15) is 4.39 Å². The van der Waals surface area contributed by atoms with Gasteiger partial charge in [-0.25, -0.2) is 9.37 Å². The van der Waals surface area contributed by atoms with Crippen molar-refractivity contribution in [2.75, 3.05) is 5.73 Å². The molecule has 3 aromatic rings. The average Bonchev–Trinajstić information content (AvgIpc) is 2.67. The van der Waals surface area contributed by atoms with E-state index in [1.165, 1.54) is 6.07 Å². The van der Waals surface area contributed by atoms with Crippen molar-refractivity contribution in [3.63, 3.8) is 0 Å². The molecular formula is C14H11ClFN3. The van der Waals surface area contributed by atoms with Crippen molar-refractivity contribution >= 4 is 28.6 Å². The molecule has 0 bridgehead atoms. The number of rotatable bonds is 1. The third-order valence-electron chi connectivity index (χ3n) is 2.99. The molecule has 2 aromatic carbocycles. The maximum atomic E-state index is 14.0. The molecule has 3 nitrogen and oxygen atoms in total.